The molecule has 0 aromatic heterocycles. The van der Waals surface area contributed by atoms with Gasteiger partial charge in [0.25, 0.3) is 0 Å². The van der Waals surface area contributed by atoms with E-state index in [9.17, 15) is 0 Å². The maximum atomic E-state index is 2.47. The van der Waals surface area contributed by atoms with Crippen LogP contribution in [0.15, 0.2) is 133 Å². The number of hydrogen-bond donors (Lipinski definition) is 0. The molecule has 1 aliphatic carbocycles. The molecule has 0 unspecified atom stereocenters. The minimum atomic E-state index is 1.20. The molecule has 198 valence electrons. The number of rotatable bonds is 2. The summed E-state index contributed by atoms with van der Waals surface area (Å²) in [5, 5.41) is 13.3. The predicted octanol–water partition coefficient (Wildman–Crippen LogP) is 11.7. The predicted molar refractivity (Wildman–Crippen MR) is 181 cm³/mol. The van der Waals surface area contributed by atoms with Crippen LogP contribution in [0.1, 0.15) is 24.0 Å². The fourth-order valence-electron chi connectivity index (χ4n) is 7.58. The first-order chi connectivity index (χ1) is 20.8. The topological polar surface area (TPSA) is 0 Å². The molecule has 0 saturated heterocycles. The van der Waals surface area contributed by atoms with Gasteiger partial charge < -0.3 is 0 Å². The summed E-state index contributed by atoms with van der Waals surface area (Å²) in [5.41, 5.74) is 8.21. The molecule has 0 heterocycles. The van der Waals surface area contributed by atoms with Gasteiger partial charge in [-0.2, -0.15) is 0 Å². The summed E-state index contributed by atoms with van der Waals surface area (Å²) in [7, 11) is 0. The summed E-state index contributed by atoms with van der Waals surface area (Å²) in [6.07, 6.45) is 5.03. The Balaban J connectivity index is 1.45. The van der Waals surface area contributed by atoms with Gasteiger partial charge in [-0.1, -0.05) is 121 Å². The number of aryl methyl sites for hydroxylation is 2. The fourth-order valence-corrected chi connectivity index (χ4v) is 7.58. The van der Waals surface area contributed by atoms with Crippen molar-refractivity contribution >= 4 is 53.9 Å². The Morgan fingerprint density at radius 3 is 1.36 bits per heavy atom. The van der Waals surface area contributed by atoms with Gasteiger partial charge in [0.1, 0.15) is 0 Å². The SMILES string of the molecule is c1ccc(-c2ccc3c4ccc(-c5ccc6c(c5)CCCC6)cc4c4c5ccccc5c5ccccc5c4c3c2)cc1. The zero-order chi connectivity index (χ0) is 27.6. The van der Waals surface area contributed by atoms with Crippen molar-refractivity contribution in [1.82, 2.24) is 0 Å². The Kier molecular flexibility index (Phi) is 5.25. The maximum Gasteiger partial charge on any atom is -0.00137 e. The van der Waals surface area contributed by atoms with Gasteiger partial charge in [0.15, 0.2) is 0 Å². The number of benzene rings is 8. The molecule has 0 amide bonds. The highest BCUT2D eigenvalue weighted by Gasteiger charge is 2.18. The summed E-state index contributed by atoms with van der Waals surface area (Å²) in [4.78, 5) is 0. The molecule has 8 aromatic carbocycles. The highest BCUT2D eigenvalue weighted by Crippen LogP contribution is 2.45. The molecule has 42 heavy (non-hydrogen) atoms. The minimum absolute atomic E-state index is 1.20. The highest BCUT2D eigenvalue weighted by atomic mass is 14.2. The highest BCUT2D eigenvalue weighted by molar-refractivity contribution is 6.39. The standard InChI is InChI=1S/C42H30/c1-2-10-27(11-3-1)31-20-22-35-36-23-21-32(30-19-18-28-12-4-5-13-29(28)24-30)26-40(36)42-38-17-9-7-15-34(38)33-14-6-8-16-37(33)41(42)39(35)25-31/h1-3,6-11,14-26H,4-5,12-13H2. The van der Waals surface area contributed by atoms with Crippen LogP contribution in [-0.2, 0) is 12.8 Å². The lowest BCUT2D eigenvalue weighted by molar-refractivity contribution is 0.686. The first-order valence-corrected chi connectivity index (χ1v) is 15.2. The van der Waals surface area contributed by atoms with Crippen LogP contribution in [0.5, 0.6) is 0 Å². The van der Waals surface area contributed by atoms with Crippen molar-refractivity contribution in [3.05, 3.63) is 145 Å². The van der Waals surface area contributed by atoms with Crippen LogP contribution in [0.4, 0.5) is 0 Å². The van der Waals surface area contributed by atoms with Crippen molar-refractivity contribution in [3.63, 3.8) is 0 Å². The van der Waals surface area contributed by atoms with Gasteiger partial charge in [0, 0.05) is 0 Å². The Labute approximate surface area is 245 Å². The second-order valence-electron chi connectivity index (χ2n) is 11.9. The molecule has 0 atom stereocenters. The average Bonchev–Trinajstić information content (AvgIpc) is 3.07. The Morgan fingerprint density at radius 1 is 0.286 bits per heavy atom. The lowest BCUT2D eigenvalue weighted by Gasteiger charge is -2.19. The van der Waals surface area contributed by atoms with Gasteiger partial charge in [-0.15, -0.1) is 0 Å². The summed E-state index contributed by atoms with van der Waals surface area (Å²) in [6.45, 7) is 0. The summed E-state index contributed by atoms with van der Waals surface area (Å²) in [6, 6.07) is 50.1. The molecule has 9 rings (SSSR count). The fraction of sp³-hybridized carbons (Fsp3) is 0.0952. The molecule has 0 N–H and O–H groups in total. The Morgan fingerprint density at radius 2 is 0.738 bits per heavy atom. The molecule has 0 saturated carbocycles. The zero-order valence-corrected chi connectivity index (χ0v) is 23.5. The van der Waals surface area contributed by atoms with Crippen LogP contribution >= 0.6 is 0 Å². The minimum Gasteiger partial charge on any atom is -0.0622 e. The number of hydrogen-bond acceptors (Lipinski definition) is 0. The van der Waals surface area contributed by atoms with Gasteiger partial charge in [0.05, 0.1) is 0 Å². The zero-order valence-electron chi connectivity index (χ0n) is 23.5. The van der Waals surface area contributed by atoms with Crippen LogP contribution in [0.2, 0.25) is 0 Å². The smallest absolute Gasteiger partial charge is 0.00137 e. The molecule has 8 aromatic rings. The molecule has 0 nitrogen and oxygen atoms in total. The lowest BCUT2D eigenvalue weighted by atomic mass is 9.85. The largest absolute Gasteiger partial charge is 0.0622 e. The summed E-state index contributed by atoms with van der Waals surface area (Å²) in [5.74, 6) is 0. The molecule has 0 spiro atoms. The van der Waals surface area contributed by atoms with Gasteiger partial charge in [0.2, 0.25) is 0 Å². The van der Waals surface area contributed by atoms with E-state index in [1.165, 1.54) is 113 Å². The van der Waals surface area contributed by atoms with Crippen LogP contribution in [0.3, 0.4) is 0 Å². The van der Waals surface area contributed by atoms with E-state index >= 15 is 0 Å². The van der Waals surface area contributed by atoms with E-state index in [1.807, 2.05) is 0 Å². The van der Waals surface area contributed by atoms with E-state index < -0.39 is 0 Å². The lowest BCUT2D eigenvalue weighted by Crippen LogP contribution is -2.02. The van der Waals surface area contributed by atoms with Crippen LogP contribution in [-0.4, -0.2) is 0 Å². The second kappa shape index (κ2) is 9.29. The third kappa shape index (κ3) is 3.55. The first kappa shape index (κ1) is 23.7. The van der Waals surface area contributed by atoms with Crippen molar-refractivity contribution in [1.29, 1.82) is 0 Å². The van der Waals surface area contributed by atoms with Crippen molar-refractivity contribution in [2.24, 2.45) is 0 Å². The van der Waals surface area contributed by atoms with E-state index in [2.05, 4.69) is 133 Å². The average molecular weight is 535 g/mol. The van der Waals surface area contributed by atoms with Gasteiger partial charge in [-0.3, -0.25) is 0 Å². The van der Waals surface area contributed by atoms with Crippen molar-refractivity contribution in [3.8, 4) is 22.3 Å². The Hall–Kier alpha value is -4.94. The van der Waals surface area contributed by atoms with Crippen molar-refractivity contribution < 1.29 is 0 Å². The van der Waals surface area contributed by atoms with E-state index in [-0.39, 0.29) is 0 Å². The molecular formula is C42H30. The summed E-state index contributed by atoms with van der Waals surface area (Å²) < 4.78 is 0. The third-order valence-electron chi connectivity index (χ3n) is 9.59. The summed E-state index contributed by atoms with van der Waals surface area (Å²) >= 11 is 0. The van der Waals surface area contributed by atoms with E-state index in [0.717, 1.165) is 0 Å². The van der Waals surface area contributed by atoms with E-state index in [0.29, 0.717) is 0 Å². The molecule has 0 aliphatic heterocycles. The molecule has 0 bridgehead atoms. The first-order valence-electron chi connectivity index (χ1n) is 15.2. The van der Waals surface area contributed by atoms with E-state index in [1.54, 1.807) is 0 Å². The molecule has 0 radical (unpaired) electrons. The van der Waals surface area contributed by atoms with Gasteiger partial charge in [-0.05, 0) is 125 Å². The van der Waals surface area contributed by atoms with Gasteiger partial charge >= 0.3 is 0 Å². The Bertz CT molecular complexity index is 2340. The third-order valence-corrected chi connectivity index (χ3v) is 9.59. The normalized spacial score (nSPS) is 13.3. The monoisotopic (exact) mass is 534 g/mol. The molecule has 0 fully saturated rings. The molecule has 1 aliphatic rings. The van der Waals surface area contributed by atoms with Crippen LogP contribution < -0.4 is 0 Å². The van der Waals surface area contributed by atoms with Crippen LogP contribution in [0.25, 0.3) is 76.1 Å². The van der Waals surface area contributed by atoms with E-state index in [4.69, 9.17) is 0 Å². The van der Waals surface area contributed by atoms with Crippen molar-refractivity contribution in [2.45, 2.75) is 25.7 Å². The quantitative estimate of drug-likeness (QED) is 0.193. The molecule has 0 heteroatoms. The second-order valence-corrected chi connectivity index (χ2v) is 11.9. The number of fused-ring (bicyclic) bond motifs is 12. The van der Waals surface area contributed by atoms with Gasteiger partial charge in [-0.25, -0.2) is 0 Å². The maximum absolute atomic E-state index is 2.47. The molecular weight excluding hydrogens is 504 g/mol. The van der Waals surface area contributed by atoms with Crippen molar-refractivity contribution in [2.75, 3.05) is 0 Å². The van der Waals surface area contributed by atoms with Crippen LogP contribution in [0, 0.1) is 0 Å².